The lowest BCUT2D eigenvalue weighted by Crippen LogP contribution is -2.09. The van der Waals surface area contributed by atoms with Crippen LogP contribution in [0.5, 0.6) is 0 Å². The molecule has 0 aliphatic carbocycles. The van der Waals surface area contributed by atoms with Gasteiger partial charge in [0, 0.05) is 12.7 Å². The number of hydrogen-bond acceptors (Lipinski definition) is 3. The lowest BCUT2D eigenvalue weighted by molar-refractivity contribution is 0.216. The van der Waals surface area contributed by atoms with Gasteiger partial charge in [0.05, 0.1) is 0 Å². The lowest BCUT2D eigenvalue weighted by Gasteiger charge is -1.86. The van der Waals surface area contributed by atoms with Crippen molar-refractivity contribution in [2.75, 3.05) is 19.7 Å². The van der Waals surface area contributed by atoms with Crippen molar-refractivity contribution in [2.45, 2.75) is 73.8 Å². The van der Waals surface area contributed by atoms with Crippen LogP contribution < -0.4 is 5.32 Å². The predicted molar refractivity (Wildman–Crippen MR) is 79.5 cm³/mol. The molecule has 0 heterocycles. The first-order chi connectivity index (χ1) is 7.97. The summed E-state index contributed by atoms with van der Waals surface area (Å²) in [7, 11) is 0. The van der Waals surface area contributed by atoms with E-state index in [1.165, 1.54) is 19.3 Å². The molecule has 0 spiro atoms. The number of aliphatic hydroxyl groups is 2. The molecule has 0 saturated heterocycles. The van der Waals surface area contributed by atoms with Crippen molar-refractivity contribution in [3.63, 3.8) is 0 Å². The minimum atomic E-state index is -0.167. The summed E-state index contributed by atoms with van der Waals surface area (Å²) in [5, 5.41) is 18.7. The normalized spacial score (nSPS) is 8.12. The van der Waals surface area contributed by atoms with Crippen LogP contribution in [0.1, 0.15) is 67.7 Å². The maximum atomic E-state index is 8.06. The quantitative estimate of drug-likeness (QED) is 0.719. The molecule has 0 bridgehead atoms. The molecular formula is C14H37NO2. The van der Waals surface area contributed by atoms with Crippen LogP contribution in [0.3, 0.4) is 0 Å². The van der Waals surface area contributed by atoms with Gasteiger partial charge in [0.25, 0.3) is 0 Å². The highest BCUT2D eigenvalue weighted by Gasteiger charge is 1.69. The van der Waals surface area contributed by atoms with E-state index in [-0.39, 0.29) is 12.7 Å². The molecule has 0 amide bonds. The Morgan fingerprint density at radius 2 is 1.12 bits per heavy atom. The molecule has 3 nitrogen and oxygen atoms in total. The van der Waals surface area contributed by atoms with E-state index in [0.717, 1.165) is 13.1 Å². The molecule has 0 aromatic rings. The van der Waals surface area contributed by atoms with Gasteiger partial charge in [-0.3, -0.25) is 0 Å². The Labute approximate surface area is 110 Å². The Hall–Kier alpha value is -0.120. The first-order valence-electron chi connectivity index (χ1n) is 6.97. The van der Waals surface area contributed by atoms with Gasteiger partial charge >= 0.3 is 0 Å². The average Bonchev–Trinajstić information content (AvgIpc) is 2.21. The van der Waals surface area contributed by atoms with Gasteiger partial charge < -0.3 is 15.5 Å². The van der Waals surface area contributed by atoms with E-state index < -0.39 is 0 Å². The van der Waals surface area contributed by atoms with Crippen LogP contribution >= 0.6 is 0 Å². The molecule has 0 aliphatic heterocycles. The van der Waals surface area contributed by atoms with Crippen LogP contribution in [0, 0.1) is 0 Å². The van der Waals surface area contributed by atoms with Crippen molar-refractivity contribution in [1.29, 1.82) is 0 Å². The van der Waals surface area contributed by atoms with Gasteiger partial charge in [0.1, 0.15) is 0 Å². The number of hydrogen-bond donors (Lipinski definition) is 3. The third kappa shape index (κ3) is 203. The Morgan fingerprint density at radius 3 is 1.12 bits per heavy atom. The zero-order chi connectivity index (χ0) is 14.5. The molecule has 0 fully saturated rings. The fourth-order valence-electron chi connectivity index (χ4n) is 0.604. The minimum absolute atomic E-state index is 0.167. The van der Waals surface area contributed by atoms with Crippen molar-refractivity contribution in [3.8, 4) is 0 Å². The molecule has 0 unspecified atom stereocenters. The van der Waals surface area contributed by atoms with Gasteiger partial charge in [-0.15, -0.1) is 0 Å². The van der Waals surface area contributed by atoms with Crippen molar-refractivity contribution in [3.05, 3.63) is 0 Å². The maximum Gasteiger partial charge on any atom is 0.0483 e. The van der Waals surface area contributed by atoms with E-state index in [0.29, 0.717) is 0 Å². The van der Waals surface area contributed by atoms with Crippen molar-refractivity contribution in [2.24, 2.45) is 0 Å². The second-order valence-electron chi connectivity index (χ2n) is 3.72. The number of rotatable bonds is 4. The number of unbranched alkanes of at least 4 members (excludes halogenated alkanes) is 2. The Bertz CT molecular complexity index is 65.9. The monoisotopic (exact) mass is 251 g/mol. The summed E-state index contributed by atoms with van der Waals surface area (Å²) in [6.45, 7) is 16.2. The first kappa shape index (κ1) is 25.7. The molecule has 0 aliphatic rings. The zero-order valence-electron chi connectivity index (χ0n) is 13.2. The van der Waals surface area contributed by atoms with E-state index >= 15 is 0 Å². The third-order valence-electron chi connectivity index (χ3n) is 1.21. The fraction of sp³-hybridized carbons (Fsp3) is 1.00. The summed E-state index contributed by atoms with van der Waals surface area (Å²) in [4.78, 5) is 0. The zero-order valence-corrected chi connectivity index (χ0v) is 13.2. The van der Waals surface area contributed by atoms with Crippen LogP contribution in [0.4, 0.5) is 0 Å². The van der Waals surface area contributed by atoms with Gasteiger partial charge in [-0.1, -0.05) is 47.0 Å². The number of aliphatic hydroxyl groups excluding tert-OH is 2. The van der Waals surface area contributed by atoms with Crippen molar-refractivity contribution < 1.29 is 10.2 Å². The topological polar surface area (TPSA) is 52.5 Å². The smallest absolute Gasteiger partial charge is 0.0483 e. The molecule has 17 heavy (non-hydrogen) atoms. The molecule has 0 saturated carbocycles. The summed E-state index contributed by atoms with van der Waals surface area (Å²) in [5.41, 5.74) is 0. The molecule has 0 radical (unpaired) electrons. The molecule has 0 atom stereocenters. The maximum absolute atomic E-state index is 8.06. The van der Waals surface area contributed by atoms with Crippen molar-refractivity contribution in [1.82, 2.24) is 5.32 Å². The molecular weight excluding hydrogens is 214 g/mol. The van der Waals surface area contributed by atoms with Gasteiger partial charge in [-0.2, -0.15) is 0 Å². The molecule has 0 rings (SSSR count). The summed E-state index contributed by atoms with van der Waals surface area (Å²) in [6.07, 6.45) is 3.91. The fourth-order valence-corrected chi connectivity index (χ4v) is 0.604. The standard InChI is InChI=1S/C5H12.C4H11N.C3H8O.C2H6O/c2*1-3-5-4-2;1-3(2)4;1-2-3/h3-5H2,1-2H3;5H,3-4H2,1-2H3;3-4H,1-2H3;3H,2H2,1H3. The van der Waals surface area contributed by atoms with Crippen LogP contribution in [-0.4, -0.2) is 36.0 Å². The van der Waals surface area contributed by atoms with E-state index in [1.807, 2.05) is 0 Å². The van der Waals surface area contributed by atoms with E-state index in [1.54, 1.807) is 20.8 Å². The van der Waals surface area contributed by atoms with Crippen molar-refractivity contribution >= 4 is 0 Å². The second-order valence-corrected chi connectivity index (χ2v) is 3.72. The average molecular weight is 251 g/mol. The lowest BCUT2D eigenvalue weighted by atomic mass is 10.3. The Kier molecular flexibility index (Phi) is 54.4. The van der Waals surface area contributed by atoms with Gasteiger partial charge in [0.15, 0.2) is 0 Å². The van der Waals surface area contributed by atoms with Gasteiger partial charge in [-0.25, -0.2) is 0 Å². The SMILES string of the molecule is CC(C)O.CCCCC.CCNCC.CCO. The highest BCUT2D eigenvalue weighted by molar-refractivity contribution is 4.27. The summed E-state index contributed by atoms with van der Waals surface area (Å²) < 4.78 is 0. The van der Waals surface area contributed by atoms with Crippen LogP contribution in [0.25, 0.3) is 0 Å². The van der Waals surface area contributed by atoms with Crippen LogP contribution in [-0.2, 0) is 0 Å². The van der Waals surface area contributed by atoms with E-state index in [4.69, 9.17) is 10.2 Å². The van der Waals surface area contributed by atoms with E-state index in [2.05, 4.69) is 33.0 Å². The number of nitrogens with one attached hydrogen (secondary N) is 1. The highest BCUT2D eigenvalue weighted by Crippen LogP contribution is 1.88. The first-order valence-corrected chi connectivity index (χ1v) is 6.97. The van der Waals surface area contributed by atoms with E-state index in [9.17, 15) is 0 Å². The summed E-state index contributed by atoms with van der Waals surface area (Å²) in [6, 6.07) is 0. The molecule has 110 valence electrons. The highest BCUT2D eigenvalue weighted by atomic mass is 16.3. The Balaban J connectivity index is -0.0000000676. The van der Waals surface area contributed by atoms with Gasteiger partial charge in [-0.05, 0) is 33.9 Å². The Morgan fingerprint density at radius 1 is 0.882 bits per heavy atom. The molecule has 3 heteroatoms. The van der Waals surface area contributed by atoms with Crippen LogP contribution in [0.15, 0.2) is 0 Å². The summed E-state index contributed by atoms with van der Waals surface area (Å²) in [5.74, 6) is 0. The third-order valence-corrected chi connectivity index (χ3v) is 1.21. The van der Waals surface area contributed by atoms with Gasteiger partial charge in [0.2, 0.25) is 0 Å². The largest absolute Gasteiger partial charge is 0.397 e. The molecule has 0 aromatic carbocycles. The molecule has 3 N–H and O–H groups in total. The second kappa shape index (κ2) is 36.0. The van der Waals surface area contributed by atoms with Crippen LogP contribution in [0.2, 0.25) is 0 Å². The summed E-state index contributed by atoms with van der Waals surface area (Å²) >= 11 is 0. The predicted octanol–water partition coefficient (Wildman–Crippen LogP) is 3.20. The minimum Gasteiger partial charge on any atom is -0.397 e. The molecule has 0 aromatic heterocycles.